The van der Waals surface area contributed by atoms with Crippen LogP contribution in [-0.2, 0) is 4.79 Å². The minimum absolute atomic E-state index is 0.338. The lowest BCUT2D eigenvalue weighted by Crippen LogP contribution is -2.10. The molecule has 0 aromatic heterocycles. The molecule has 0 radical (unpaired) electrons. The maximum Gasteiger partial charge on any atom is 0.341 e. The summed E-state index contributed by atoms with van der Waals surface area (Å²) in [6.45, 7) is 8.48. The van der Waals surface area contributed by atoms with Gasteiger partial charge < -0.3 is 14.6 Å². The summed E-state index contributed by atoms with van der Waals surface area (Å²) in [5.74, 6) is 0.924. The monoisotopic (exact) mass is 438 g/mol. The Balaban J connectivity index is 2.19. The molecule has 0 bridgehead atoms. The fraction of sp³-hybridized carbons (Fsp3) is 0.350. The van der Waals surface area contributed by atoms with Gasteiger partial charge >= 0.3 is 5.97 Å². The van der Waals surface area contributed by atoms with Gasteiger partial charge in [-0.15, -0.1) is 0 Å². The Labute approximate surface area is 167 Å². The first-order chi connectivity index (χ1) is 12.2. The Morgan fingerprint density at radius 3 is 2.50 bits per heavy atom. The zero-order chi connectivity index (χ0) is 19.3. The summed E-state index contributed by atoms with van der Waals surface area (Å²) in [5, 5.41) is 8.77. The summed E-state index contributed by atoms with van der Waals surface area (Å²) in [6, 6.07) is 9.95. The molecule has 140 valence electrons. The molecule has 0 amide bonds. The van der Waals surface area contributed by atoms with E-state index in [-0.39, 0.29) is 6.61 Å². The highest BCUT2D eigenvalue weighted by Crippen LogP contribution is 2.37. The molecule has 0 unspecified atom stereocenters. The summed E-state index contributed by atoms with van der Waals surface area (Å²) >= 11 is 5.19. The average Bonchev–Trinajstić information content (AvgIpc) is 2.54. The molecule has 0 heterocycles. The van der Waals surface area contributed by atoms with Gasteiger partial charge in [0.25, 0.3) is 0 Å². The van der Waals surface area contributed by atoms with Gasteiger partial charge in [-0.3, -0.25) is 0 Å². The number of halogens is 1. The minimum Gasteiger partial charge on any atom is -0.493 e. The number of carbonyl (C=O) groups is 1. The third-order valence-corrected chi connectivity index (χ3v) is 5.07. The average molecular weight is 439 g/mol. The molecule has 2 rings (SSSR count). The van der Waals surface area contributed by atoms with Gasteiger partial charge in [0.1, 0.15) is 11.5 Å². The van der Waals surface area contributed by atoms with Crippen LogP contribution in [0, 0.1) is 19.8 Å². The lowest BCUT2D eigenvalue weighted by molar-refractivity contribution is -0.139. The van der Waals surface area contributed by atoms with E-state index >= 15 is 0 Å². The molecule has 0 saturated heterocycles. The van der Waals surface area contributed by atoms with Gasteiger partial charge in [-0.1, -0.05) is 41.5 Å². The molecule has 0 aliphatic carbocycles. The Bertz CT molecular complexity index is 790. The topological polar surface area (TPSA) is 55.8 Å². The quantitative estimate of drug-likeness (QED) is 0.571. The van der Waals surface area contributed by atoms with E-state index in [2.05, 4.69) is 35.8 Å². The SMILES string of the molecule is Cc1cc(Sc2cc(Br)cc(OCC(C)C)c2)c(C)cc1OCC(=O)O. The van der Waals surface area contributed by atoms with Crippen molar-refractivity contribution in [3.05, 3.63) is 45.9 Å². The fourth-order valence-electron chi connectivity index (χ4n) is 2.24. The normalized spacial score (nSPS) is 10.8. The van der Waals surface area contributed by atoms with E-state index in [0.29, 0.717) is 18.3 Å². The lowest BCUT2D eigenvalue weighted by atomic mass is 10.1. The van der Waals surface area contributed by atoms with Crippen molar-refractivity contribution in [3.8, 4) is 11.5 Å². The second kappa shape index (κ2) is 9.33. The van der Waals surface area contributed by atoms with Crippen LogP contribution in [0.4, 0.5) is 0 Å². The Morgan fingerprint density at radius 2 is 1.85 bits per heavy atom. The predicted octanol–water partition coefficient (Wildman–Crippen LogP) is 5.72. The number of aryl methyl sites for hydroxylation is 2. The van der Waals surface area contributed by atoms with E-state index in [0.717, 1.165) is 31.1 Å². The van der Waals surface area contributed by atoms with Crippen molar-refractivity contribution in [1.29, 1.82) is 0 Å². The summed E-state index contributed by atoms with van der Waals surface area (Å²) < 4.78 is 12.1. The minimum atomic E-state index is -0.983. The zero-order valence-electron chi connectivity index (χ0n) is 15.3. The molecule has 26 heavy (non-hydrogen) atoms. The second-order valence-corrected chi connectivity index (χ2v) is 8.53. The smallest absolute Gasteiger partial charge is 0.341 e. The van der Waals surface area contributed by atoms with Crippen molar-refractivity contribution < 1.29 is 19.4 Å². The van der Waals surface area contributed by atoms with E-state index in [1.807, 2.05) is 38.1 Å². The summed E-state index contributed by atoms with van der Waals surface area (Å²) in [6.07, 6.45) is 0. The molecular weight excluding hydrogens is 416 g/mol. The van der Waals surface area contributed by atoms with Crippen LogP contribution in [0.2, 0.25) is 0 Å². The van der Waals surface area contributed by atoms with Gasteiger partial charge in [-0.05, 0) is 61.2 Å². The standard InChI is InChI=1S/C20H23BrO4S/c1-12(2)10-24-16-7-15(21)8-17(9-16)26-19-6-13(3)18(5-14(19)4)25-11-20(22)23/h5-9,12H,10-11H2,1-4H3,(H,22,23). The molecule has 0 aliphatic heterocycles. The van der Waals surface area contributed by atoms with E-state index < -0.39 is 5.97 Å². The van der Waals surface area contributed by atoms with E-state index in [1.165, 1.54) is 0 Å². The molecule has 0 spiro atoms. The van der Waals surface area contributed by atoms with Crippen molar-refractivity contribution in [2.75, 3.05) is 13.2 Å². The maximum atomic E-state index is 10.7. The maximum absolute atomic E-state index is 10.7. The number of carboxylic acids is 1. The van der Waals surface area contributed by atoms with Crippen LogP contribution in [0.25, 0.3) is 0 Å². The molecule has 2 aromatic rings. The van der Waals surface area contributed by atoms with Crippen molar-refractivity contribution in [3.63, 3.8) is 0 Å². The Hall–Kier alpha value is -1.66. The van der Waals surface area contributed by atoms with Gasteiger partial charge in [-0.25, -0.2) is 4.79 Å². The van der Waals surface area contributed by atoms with E-state index in [4.69, 9.17) is 14.6 Å². The molecule has 0 atom stereocenters. The van der Waals surface area contributed by atoms with Crippen LogP contribution in [0.5, 0.6) is 11.5 Å². The van der Waals surface area contributed by atoms with Crippen molar-refractivity contribution in [2.24, 2.45) is 5.92 Å². The zero-order valence-corrected chi connectivity index (χ0v) is 17.7. The largest absolute Gasteiger partial charge is 0.493 e. The van der Waals surface area contributed by atoms with Gasteiger partial charge in [0.05, 0.1) is 6.61 Å². The van der Waals surface area contributed by atoms with Crippen molar-refractivity contribution >= 4 is 33.7 Å². The van der Waals surface area contributed by atoms with Crippen LogP contribution in [0.15, 0.2) is 44.6 Å². The first kappa shape index (κ1) is 20.6. The third kappa shape index (κ3) is 6.25. The number of carboxylic acid groups (broad SMARTS) is 1. The van der Waals surface area contributed by atoms with Gasteiger partial charge in [0, 0.05) is 14.3 Å². The van der Waals surface area contributed by atoms with E-state index in [9.17, 15) is 4.79 Å². The molecule has 0 fully saturated rings. The molecule has 1 N–H and O–H groups in total. The predicted molar refractivity (Wildman–Crippen MR) is 108 cm³/mol. The summed E-state index contributed by atoms with van der Waals surface area (Å²) in [4.78, 5) is 12.9. The highest BCUT2D eigenvalue weighted by atomic mass is 79.9. The summed E-state index contributed by atoms with van der Waals surface area (Å²) in [7, 11) is 0. The summed E-state index contributed by atoms with van der Waals surface area (Å²) in [5.41, 5.74) is 1.94. The molecular formula is C20H23BrO4S. The van der Waals surface area contributed by atoms with Crippen LogP contribution in [0.1, 0.15) is 25.0 Å². The Morgan fingerprint density at radius 1 is 1.12 bits per heavy atom. The highest BCUT2D eigenvalue weighted by Gasteiger charge is 2.10. The van der Waals surface area contributed by atoms with Gasteiger partial charge in [-0.2, -0.15) is 0 Å². The molecule has 6 heteroatoms. The van der Waals surface area contributed by atoms with E-state index in [1.54, 1.807) is 11.8 Å². The molecule has 0 saturated carbocycles. The number of rotatable bonds is 8. The third-order valence-electron chi connectivity index (χ3n) is 3.48. The lowest BCUT2D eigenvalue weighted by Gasteiger charge is -2.14. The molecule has 0 aliphatic rings. The van der Waals surface area contributed by atoms with Crippen LogP contribution >= 0.6 is 27.7 Å². The molecule has 2 aromatic carbocycles. The van der Waals surface area contributed by atoms with Crippen LogP contribution < -0.4 is 9.47 Å². The highest BCUT2D eigenvalue weighted by molar-refractivity contribution is 9.10. The van der Waals surface area contributed by atoms with Gasteiger partial charge in [0.2, 0.25) is 0 Å². The number of ether oxygens (including phenoxy) is 2. The molecule has 4 nitrogen and oxygen atoms in total. The number of benzene rings is 2. The van der Waals surface area contributed by atoms with Crippen LogP contribution in [0.3, 0.4) is 0 Å². The second-order valence-electron chi connectivity index (χ2n) is 6.50. The van der Waals surface area contributed by atoms with Crippen molar-refractivity contribution in [1.82, 2.24) is 0 Å². The first-order valence-electron chi connectivity index (χ1n) is 8.31. The number of hydrogen-bond donors (Lipinski definition) is 1. The van der Waals surface area contributed by atoms with Crippen LogP contribution in [-0.4, -0.2) is 24.3 Å². The number of aliphatic carboxylic acids is 1. The Kier molecular flexibility index (Phi) is 7.41. The fourth-order valence-corrected chi connectivity index (χ4v) is 3.93. The van der Waals surface area contributed by atoms with Gasteiger partial charge in [0.15, 0.2) is 6.61 Å². The van der Waals surface area contributed by atoms with Crippen molar-refractivity contribution in [2.45, 2.75) is 37.5 Å². The first-order valence-corrected chi connectivity index (χ1v) is 9.92. The number of hydrogen-bond acceptors (Lipinski definition) is 4.